The van der Waals surface area contributed by atoms with Gasteiger partial charge in [-0.2, -0.15) is 0 Å². The van der Waals surface area contributed by atoms with Gasteiger partial charge >= 0.3 is 0 Å². The van der Waals surface area contributed by atoms with Crippen LogP contribution in [-0.4, -0.2) is 6.16 Å². The Hall–Kier alpha value is 0.01000. The standard InChI is InChI=1S/C10H18OP2/c1-9(2)5-4-6-10(3)7-8-12-13-11/h5,7,12H,4,6,8H2,1-3H3/b10-7-. The van der Waals surface area contributed by atoms with Crippen LogP contribution >= 0.6 is 16.4 Å². The predicted octanol–water partition coefficient (Wildman–Crippen LogP) is 4.56. The van der Waals surface area contributed by atoms with E-state index in [9.17, 15) is 4.57 Å². The second kappa shape index (κ2) is 8.60. The molecule has 13 heavy (non-hydrogen) atoms. The summed E-state index contributed by atoms with van der Waals surface area (Å²) in [5.74, 6) is 0. The molecule has 0 saturated carbocycles. The van der Waals surface area contributed by atoms with Gasteiger partial charge in [-0.15, -0.1) is 0 Å². The van der Waals surface area contributed by atoms with E-state index >= 15 is 0 Å². The smallest absolute Gasteiger partial charge is 0.178 e. The lowest BCUT2D eigenvalue weighted by Gasteiger charge is -1.97. The topological polar surface area (TPSA) is 17.1 Å². The summed E-state index contributed by atoms with van der Waals surface area (Å²) in [5, 5.41) is 0. The van der Waals surface area contributed by atoms with Crippen LogP contribution in [0.25, 0.3) is 0 Å². The van der Waals surface area contributed by atoms with Gasteiger partial charge in [0.15, 0.2) is 8.15 Å². The summed E-state index contributed by atoms with van der Waals surface area (Å²) in [6.07, 6.45) is 7.67. The highest BCUT2D eigenvalue weighted by molar-refractivity contribution is 8.05. The van der Waals surface area contributed by atoms with E-state index in [0.29, 0.717) is 8.27 Å². The summed E-state index contributed by atoms with van der Waals surface area (Å²) in [6.45, 7) is 6.39. The molecule has 0 spiro atoms. The van der Waals surface area contributed by atoms with Crippen LogP contribution in [-0.2, 0) is 4.57 Å². The fourth-order valence-corrected chi connectivity index (χ4v) is 1.96. The minimum Gasteiger partial charge on any atom is -0.270 e. The van der Waals surface area contributed by atoms with Gasteiger partial charge < -0.3 is 0 Å². The van der Waals surface area contributed by atoms with Gasteiger partial charge in [-0.3, -0.25) is 4.57 Å². The van der Waals surface area contributed by atoms with Crippen LogP contribution in [0.1, 0.15) is 33.6 Å². The highest BCUT2D eigenvalue weighted by Crippen LogP contribution is 2.26. The van der Waals surface area contributed by atoms with Crippen molar-refractivity contribution < 1.29 is 4.57 Å². The molecule has 0 aliphatic carbocycles. The Morgan fingerprint density at radius 2 is 2.00 bits per heavy atom. The molecule has 0 amide bonds. The Balaban J connectivity index is 3.60. The van der Waals surface area contributed by atoms with Crippen molar-refractivity contribution in [1.82, 2.24) is 0 Å². The molecule has 0 rings (SSSR count). The van der Waals surface area contributed by atoms with E-state index in [1.807, 2.05) is 0 Å². The minimum absolute atomic E-state index is 0.285. The fraction of sp³-hybridized carbons (Fsp3) is 0.600. The largest absolute Gasteiger partial charge is 0.270 e. The van der Waals surface area contributed by atoms with E-state index < -0.39 is 0 Å². The van der Waals surface area contributed by atoms with Crippen molar-refractivity contribution in [2.45, 2.75) is 33.6 Å². The predicted molar refractivity (Wildman–Crippen MR) is 63.2 cm³/mol. The number of rotatable bonds is 6. The van der Waals surface area contributed by atoms with Crippen molar-refractivity contribution in [1.29, 1.82) is 0 Å². The molecule has 0 bridgehead atoms. The Labute approximate surface area is 84.6 Å². The average molecular weight is 216 g/mol. The monoisotopic (exact) mass is 216 g/mol. The average Bonchev–Trinajstić information content (AvgIpc) is 2.04. The molecule has 3 heteroatoms. The van der Waals surface area contributed by atoms with E-state index in [0.717, 1.165) is 19.0 Å². The number of hydrogen-bond donors (Lipinski definition) is 0. The van der Waals surface area contributed by atoms with Crippen LogP contribution in [0.2, 0.25) is 0 Å². The fourth-order valence-electron chi connectivity index (χ4n) is 0.948. The minimum atomic E-state index is 0.285. The van der Waals surface area contributed by atoms with E-state index in [4.69, 9.17) is 0 Å². The van der Waals surface area contributed by atoms with Gasteiger partial charge in [-0.1, -0.05) is 23.3 Å². The second-order valence-electron chi connectivity index (χ2n) is 3.32. The molecular weight excluding hydrogens is 198 g/mol. The highest BCUT2D eigenvalue weighted by Gasteiger charge is 1.88. The first-order valence-corrected chi connectivity index (χ1v) is 7.37. The van der Waals surface area contributed by atoms with E-state index in [1.165, 1.54) is 11.1 Å². The highest BCUT2D eigenvalue weighted by atomic mass is 32.0. The molecule has 0 N–H and O–H groups in total. The van der Waals surface area contributed by atoms with Crippen LogP contribution in [0.5, 0.6) is 0 Å². The first-order chi connectivity index (χ1) is 6.16. The first-order valence-electron chi connectivity index (χ1n) is 4.51. The van der Waals surface area contributed by atoms with Gasteiger partial charge in [0.05, 0.1) is 0 Å². The van der Waals surface area contributed by atoms with Crippen LogP contribution in [0.3, 0.4) is 0 Å². The molecule has 1 unspecified atom stereocenters. The second-order valence-corrected chi connectivity index (χ2v) is 5.73. The molecule has 0 fully saturated rings. The van der Waals surface area contributed by atoms with Crippen LogP contribution in [0.4, 0.5) is 0 Å². The molecule has 74 valence electrons. The maximum atomic E-state index is 10.2. The van der Waals surface area contributed by atoms with Crippen molar-refractivity contribution in [2.75, 3.05) is 6.16 Å². The summed E-state index contributed by atoms with van der Waals surface area (Å²) in [7, 11) is 0.818. The maximum Gasteiger partial charge on any atom is 0.178 e. The maximum absolute atomic E-state index is 10.2. The normalized spacial score (nSPS) is 12.7. The van der Waals surface area contributed by atoms with Crippen molar-refractivity contribution >= 4 is 16.4 Å². The van der Waals surface area contributed by atoms with Gasteiger partial charge in [-0.25, -0.2) is 0 Å². The molecule has 0 heterocycles. The quantitative estimate of drug-likeness (QED) is 0.361. The molecule has 0 aromatic carbocycles. The lowest BCUT2D eigenvalue weighted by molar-refractivity contribution is 0.605. The zero-order chi connectivity index (χ0) is 10.1. The van der Waals surface area contributed by atoms with Crippen LogP contribution < -0.4 is 0 Å². The van der Waals surface area contributed by atoms with Gasteiger partial charge in [0.25, 0.3) is 0 Å². The van der Waals surface area contributed by atoms with Crippen LogP contribution in [0.15, 0.2) is 23.3 Å². The summed E-state index contributed by atoms with van der Waals surface area (Å²) in [6, 6.07) is 0. The Morgan fingerprint density at radius 1 is 1.31 bits per heavy atom. The molecule has 0 aliphatic rings. The lowest BCUT2D eigenvalue weighted by atomic mass is 10.1. The van der Waals surface area contributed by atoms with E-state index in [-0.39, 0.29) is 8.15 Å². The first kappa shape index (κ1) is 13.0. The summed E-state index contributed by atoms with van der Waals surface area (Å²) in [4.78, 5) is 0. The van der Waals surface area contributed by atoms with Crippen molar-refractivity contribution in [3.63, 3.8) is 0 Å². The number of hydrogen-bond acceptors (Lipinski definition) is 1. The van der Waals surface area contributed by atoms with E-state index in [1.54, 1.807) is 0 Å². The molecule has 0 aromatic heterocycles. The summed E-state index contributed by atoms with van der Waals surface area (Å²) in [5.41, 5.74) is 2.79. The summed E-state index contributed by atoms with van der Waals surface area (Å²) >= 11 is 0. The number of allylic oxidation sites excluding steroid dienone is 4. The molecule has 0 aliphatic heterocycles. The third-order valence-electron chi connectivity index (χ3n) is 1.70. The Bertz CT molecular complexity index is 203. The van der Waals surface area contributed by atoms with Crippen molar-refractivity contribution in [2.24, 2.45) is 0 Å². The van der Waals surface area contributed by atoms with Crippen molar-refractivity contribution in [3.8, 4) is 0 Å². The lowest BCUT2D eigenvalue weighted by Crippen LogP contribution is -1.77. The van der Waals surface area contributed by atoms with Gasteiger partial charge in [0, 0.05) is 0 Å². The van der Waals surface area contributed by atoms with Crippen LogP contribution in [0, 0.1) is 0 Å². The molecule has 0 radical (unpaired) electrons. The van der Waals surface area contributed by atoms with Gasteiger partial charge in [0.2, 0.25) is 0 Å². The van der Waals surface area contributed by atoms with Gasteiger partial charge in [-0.05, 0) is 48.0 Å². The molecule has 1 nitrogen and oxygen atoms in total. The van der Waals surface area contributed by atoms with Crippen molar-refractivity contribution in [3.05, 3.63) is 23.3 Å². The Morgan fingerprint density at radius 3 is 2.54 bits per heavy atom. The molecule has 0 aromatic rings. The molecule has 0 saturated heterocycles. The molecular formula is C10H18OP2. The Kier molecular flexibility index (Phi) is 8.61. The SMILES string of the molecule is CC(C)=CCC/C(C)=C\CPP=O. The zero-order valence-electron chi connectivity index (χ0n) is 8.63. The zero-order valence-corrected chi connectivity index (χ0v) is 10.5. The van der Waals surface area contributed by atoms with E-state index in [2.05, 4.69) is 32.9 Å². The summed E-state index contributed by atoms with van der Waals surface area (Å²) < 4.78 is 10.2. The third-order valence-corrected chi connectivity index (χ3v) is 3.15. The third kappa shape index (κ3) is 9.93. The molecule has 1 atom stereocenters. The van der Waals surface area contributed by atoms with Gasteiger partial charge in [0.1, 0.15) is 0 Å².